The highest BCUT2D eigenvalue weighted by atomic mass is 32.2. The molecule has 0 aromatic heterocycles. The zero-order valence-electron chi connectivity index (χ0n) is 17.0. The van der Waals surface area contributed by atoms with Crippen LogP contribution in [0.15, 0.2) is 60.7 Å². The Morgan fingerprint density at radius 2 is 1.41 bits per heavy atom. The molecule has 0 spiro atoms. The second kappa shape index (κ2) is 7.53. The van der Waals surface area contributed by atoms with E-state index >= 15 is 0 Å². The minimum atomic E-state index is -3.31. The molecule has 0 amide bonds. The van der Waals surface area contributed by atoms with E-state index in [2.05, 4.69) is 61.0 Å². The zero-order valence-corrected chi connectivity index (χ0v) is 17.8. The summed E-state index contributed by atoms with van der Waals surface area (Å²) in [4.78, 5) is 0. The molecule has 1 aliphatic carbocycles. The topological polar surface area (TPSA) is 46.2 Å². The third-order valence-corrected chi connectivity index (χ3v) is 5.87. The van der Waals surface area contributed by atoms with Crippen molar-refractivity contribution in [1.29, 1.82) is 0 Å². The Morgan fingerprint density at radius 1 is 0.828 bits per heavy atom. The maximum Gasteiger partial charge on any atom is 0.229 e. The van der Waals surface area contributed by atoms with Crippen LogP contribution in [0.5, 0.6) is 0 Å². The van der Waals surface area contributed by atoms with E-state index in [0.717, 1.165) is 18.4 Å². The molecule has 0 bridgehead atoms. The maximum atomic E-state index is 11.6. The van der Waals surface area contributed by atoms with E-state index in [4.69, 9.17) is 0 Å². The average molecular weight is 404 g/mol. The summed E-state index contributed by atoms with van der Waals surface area (Å²) in [6, 6.07) is 20.8. The lowest BCUT2D eigenvalue weighted by Gasteiger charge is -2.14. The highest BCUT2D eigenvalue weighted by Crippen LogP contribution is 2.36. The fourth-order valence-electron chi connectivity index (χ4n) is 4.03. The summed E-state index contributed by atoms with van der Waals surface area (Å²) < 4.78 is 25.8. The molecule has 4 heteroatoms. The number of benzene rings is 3. The monoisotopic (exact) mass is 403 g/mol. The Bertz CT molecular complexity index is 1170. The van der Waals surface area contributed by atoms with Crippen molar-refractivity contribution >= 4 is 27.4 Å². The van der Waals surface area contributed by atoms with Crippen molar-refractivity contribution in [1.82, 2.24) is 0 Å². The molecule has 0 atom stereocenters. The number of sulfonamides is 1. The van der Waals surface area contributed by atoms with Crippen molar-refractivity contribution in [2.24, 2.45) is 0 Å². The molecule has 3 aromatic rings. The molecule has 1 N–H and O–H groups in total. The normalized spacial score (nSPS) is 13.3. The van der Waals surface area contributed by atoms with E-state index < -0.39 is 10.0 Å². The minimum absolute atomic E-state index is 0.573. The molecule has 1 aliphatic rings. The van der Waals surface area contributed by atoms with Crippen molar-refractivity contribution in [2.75, 3.05) is 11.0 Å². The molecule has 3 nitrogen and oxygen atoms in total. The summed E-state index contributed by atoms with van der Waals surface area (Å²) >= 11 is 0. The second-order valence-corrected chi connectivity index (χ2v) is 9.63. The molecule has 0 fully saturated rings. The summed E-state index contributed by atoms with van der Waals surface area (Å²) in [5.74, 6) is 0. The van der Waals surface area contributed by atoms with Crippen LogP contribution in [0.4, 0.5) is 5.69 Å². The van der Waals surface area contributed by atoms with Crippen LogP contribution in [-0.4, -0.2) is 14.7 Å². The molecule has 148 valence electrons. The molecule has 4 rings (SSSR count). The largest absolute Gasteiger partial charge is 0.284 e. The van der Waals surface area contributed by atoms with Gasteiger partial charge in [0.2, 0.25) is 10.0 Å². The van der Waals surface area contributed by atoms with Gasteiger partial charge in [-0.3, -0.25) is 4.72 Å². The van der Waals surface area contributed by atoms with E-state index in [9.17, 15) is 8.42 Å². The number of aryl methyl sites for hydroxylation is 4. The predicted molar refractivity (Wildman–Crippen MR) is 122 cm³/mol. The van der Waals surface area contributed by atoms with E-state index in [1.807, 2.05) is 18.2 Å². The lowest BCUT2D eigenvalue weighted by atomic mass is 9.91. The van der Waals surface area contributed by atoms with Crippen LogP contribution in [-0.2, 0) is 22.9 Å². The standard InChI is InChI=1S/C25H25NO2S/c1-17-7-11-23-20(13-17)9-10-21-14-18(2)8-12-24(21)25(23)16-19-5-4-6-22(15-19)26-29(3,27)28/h4-8,11-16,26H,9-10H2,1-3H3. The third-order valence-electron chi connectivity index (χ3n) is 5.27. The summed E-state index contributed by atoms with van der Waals surface area (Å²) in [5.41, 5.74) is 10.5. The van der Waals surface area contributed by atoms with Crippen LogP contribution in [0.1, 0.15) is 38.9 Å². The molecular weight excluding hydrogens is 378 g/mol. The molecule has 0 radical (unpaired) electrons. The minimum Gasteiger partial charge on any atom is -0.284 e. The molecule has 0 heterocycles. The van der Waals surface area contributed by atoms with Gasteiger partial charge < -0.3 is 0 Å². The molecule has 0 saturated carbocycles. The van der Waals surface area contributed by atoms with Gasteiger partial charge in [-0.1, -0.05) is 59.7 Å². The number of rotatable bonds is 3. The van der Waals surface area contributed by atoms with Crippen molar-refractivity contribution in [2.45, 2.75) is 26.7 Å². The average Bonchev–Trinajstić information content (AvgIpc) is 2.77. The molecule has 0 saturated heterocycles. The first-order valence-corrected chi connectivity index (χ1v) is 11.7. The molecular formula is C25H25NO2S. The van der Waals surface area contributed by atoms with Crippen LogP contribution >= 0.6 is 0 Å². The van der Waals surface area contributed by atoms with E-state index in [-0.39, 0.29) is 0 Å². The van der Waals surface area contributed by atoms with Gasteiger partial charge in [-0.2, -0.15) is 0 Å². The number of hydrogen-bond donors (Lipinski definition) is 1. The van der Waals surface area contributed by atoms with Gasteiger partial charge >= 0.3 is 0 Å². The quantitative estimate of drug-likeness (QED) is 0.640. The summed E-state index contributed by atoms with van der Waals surface area (Å²) in [6.07, 6.45) is 5.36. The molecule has 0 aliphatic heterocycles. The van der Waals surface area contributed by atoms with Crippen molar-refractivity contribution in [3.05, 3.63) is 99.6 Å². The van der Waals surface area contributed by atoms with Crippen LogP contribution < -0.4 is 4.72 Å². The van der Waals surface area contributed by atoms with Crippen LogP contribution in [0.25, 0.3) is 11.6 Å². The Labute approximate surface area is 173 Å². The van der Waals surface area contributed by atoms with Crippen molar-refractivity contribution in [3.63, 3.8) is 0 Å². The smallest absolute Gasteiger partial charge is 0.229 e. The van der Waals surface area contributed by atoms with Gasteiger partial charge in [0.15, 0.2) is 0 Å². The predicted octanol–water partition coefficient (Wildman–Crippen LogP) is 5.36. The number of fused-ring (bicyclic) bond motifs is 2. The number of anilines is 1. The molecule has 3 aromatic carbocycles. The highest BCUT2D eigenvalue weighted by molar-refractivity contribution is 7.92. The van der Waals surface area contributed by atoms with Gasteiger partial charge in [-0.25, -0.2) is 8.42 Å². The number of hydrogen-bond acceptors (Lipinski definition) is 2. The van der Waals surface area contributed by atoms with Gasteiger partial charge in [0, 0.05) is 5.69 Å². The van der Waals surface area contributed by atoms with Gasteiger partial charge in [0.1, 0.15) is 0 Å². The highest BCUT2D eigenvalue weighted by Gasteiger charge is 2.18. The fraction of sp³-hybridized carbons (Fsp3) is 0.200. The van der Waals surface area contributed by atoms with Gasteiger partial charge in [-0.05, 0) is 78.3 Å². The van der Waals surface area contributed by atoms with E-state index in [1.165, 1.54) is 45.2 Å². The van der Waals surface area contributed by atoms with E-state index in [1.54, 1.807) is 6.07 Å². The van der Waals surface area contributed by atoms with Crippen molar-refractivity contribution < 1.29 is 8.42 Å². The van der Waals surface area contributed by atoms with Gasteiger partial charge in [-0.15, -0.1) is 0 Å². The van der Waals surface area contributed by atoms with Crippen molar-refractivity contribution in [3.8, 4) is 0 Å². The van der Waals surface area contributed by atoms with E-state index in [0.29, 0.717) is 5.69 Å². The van der Waals surface area contributed by atoms with Crippen LogP contribution in [0, 0.1) is 13.8 Å². The summed E-state index contributed by atoms with van der Waals surface area (Å²) in [7, 11) is -3.31. The zero-order chi connectivity index (χ0) is 20.6. The summed E-state index contributed by atoms with van der Waals surface area (Å²) in [6.45, 7) is 4.26. The van der Waals surface area contributed by atoms with Gasteiger partial charge in [0.05, 0.1) is 6.26 Å². The molecule has 29 heavy (non-hydrogen) atoms. The maximum absolute atomic E-state index is 11.6. The Hall–Kier alpha value is -2.85. The van der Waals surface area contributed by atoms with Crippen LogP contribution in [0.2, 0.25) is 0 Å². The number of nitrogens with one attached hydrogen (secondary N) is 1. The Balaban J connectivity index is 1.89. The summed E-state index contributed by atoms with van der Waals surface area (Å²) in [5, 5.41) is 0. The third kappa shape index (κ3) is 4.43. The first-order chi connectivity index (χ1) is 13.8. The van der Waals surface area contributed by atoms with Gasteiger partial charge in [0.25, 0.3) is 0 Å². The van der Waals surface area contributed by atoms with Crippen LogP contribution in [0.3, 0.4) is 0 Å². The second-order valence-electron chi connectivity index (χ2n) is 7.88. The first-order valence-electron chi connectivity index (χ1n) is 9.78. The lowest BCUT2D eigenvalue weighted by molar-refractivity contribution is 0.607. The lowest BCUT2D eigenvalue weighted by Crippen LogP contribution is -2.09. The first kappa shape index (κ1) is 19.5. The SMILES string of the molecule is Cc1ccc2c(c1)CCc1cc(C)ccc1C2=Cc1cccc(NS(C)(=O)=O)c1. The molecule has 0 unspecified atom stereocenters. The Morgan fingerprint density at radius 3 is 1.97 bits per heavy atom. The fourth-order valence-corrected chi connectivity index (χ4v) is 4.58. The Kier molecular flexibility index (Phi) is 5.05.